The molecule has 5 nitrogen and oxygen atoms in total. The maximum Gasteiger partial charge on any atom is 0.193 e. The predicted molar refractivity (Wildman–Crippen MR) is 89.5 cm³/mol. The lowest BCUT2D eigenvalue weighted by molar-refractivity contribution is 0.391. The number of halogens is 2. The Labute approximate surface area is 139 Å². The number of guanidine groups is 1. The fourth-order valence-electron chi connectivity index (χ4n) is 2.06. The molecule has 0 radical (unpaired) electrons. The van der Waals surface area contributed by atoms with Crippen LogP contribution in [0.2, 0.25) is 10.0 Å². The molecule has 0 saturated heterocycles. The zero-order valence-corrected chi connectivity index (χ0v) is 14.0. The van der Waals surface area contributed by atoms with Gasteiger partial charge in [-0.25, -0.2) is 0 Å². The van der Waals surface area contributed by atoms with Crippen molar-refractivity contribution in [3.63, 3.8) is 0 Å². The SMILES string of the molecule is CN=C(NCCc1ccc(Cl)cc1Cl)N(C)Cc1ccon1. The van der Waals surface area contributed by atoms with E-state index in [0.717, 1.165) is 30.2 Å². The Bertz CT molecular complexity index is 628. The summed E-state index contributed by atoms with van der Waals surface area (Å²) >= 11 is 12.1. The molecule has 2 rings (SSSR count). The van der Waals surface area contributed by atoms with E-state index in [1.807, 2.05) is 30.1 Å². The molecule has 1 aromatic carbocycles. The van der Waals surface area contributed by atoms with Crippen LogP contribution in [0.15, 0.2) is 40.0 Å². The Hall–Kier alpha value is -1.72. The van der Waals surface area contributed by atoms with Gasteiger partial charge in [-0.15, -0.1) is 0 Å². The fraction of sp³-hybridized carbons (Fsp3) is 0.333. The largest absolute Gasteiger partial charge is 0.364 e. The number of aliphatic imine (C=N–C) groups is 1. The average molecular weight is 341 g/mol. The van der Waals surface area contributed by atoms with Gasteiger partial charge in [0.1, 0.15) is 12.0 Å². The highest BCUT2D eigenvalue weighted by atomic mass is 35.5. The normalized spacial score (nSPS) is 11.5. The van der Waals surface area contributed by atoms with E-state index in [1.165, 1.54) is 0 Å². The number of hydrogen-bond acceptors (Lipinski definition) is 3. The first kappa shape index (κ1) is 16.6. The summed E-state index contributed by atoms with van der Waals surface area (Å²) < 4.78 is 4.83. The summed E-state index contributed by atoms with van der Waals surface area (Å²) in [7, 11) is 3.69. The molecule has 2 aromatic rings. The van der Waals surface area contributed by atoms with Gasteiger partial charge in [-0.2, -0.15) is 0 Å². The third-order valence-corrected chi connectivity index (χ3v) is 3.74. The van der Waals surface area contributed by atoms with Gasteiger partial charge in [0.15, 0.2) is 5.96 Å². The molecule has 1 heterocycles. The Balaban J connectivity index is 1.86. The van der Waals surface area contributed by atoms with Crippen LogP contribution in [0.3, 0.4) is 0 Å². The minimum atomic E-state index is 0.623. The van der Waals surface area contributed by atoms with Crippen molar-refractivity contribution in [1.29, 1.82) is 0 Å². The predicted octanol–water partition coefficient (Wildman–Crippen LogP) is 3.23. The van der Waals surface area contributed by atoms with Crippen molar-refractivity contribution in [2.75, 3.05) is 20.6 Å². The number of nitrogens with zero attached hydrogens (tertiary/aromatic N) is 3. The van der Waals surface area contributed by atoms with E-state index in [4.69, 9.17) is 27.7 Å². The molecule has 0 saturated carbocycles. The Morgan fingerprint density at radius 1 is 1.36 bits per heavy atom. The van der Waals surface area contributed by atoms with E-state index in [9.17, 15) is 0 Å². The van der Waals surface area contributed by atoms with Crippen LogP contribution in [0.4, 0.5) is 0 Å². The summed E-state index contributed by atoms with van der Waals surface area (Å²) in [6.45, 7) is 1.34. The maximum atomic E-state index is 6.16. The van der Waals surface area contributed by atoms with Gasteiger partial charge in [-0.05, 0) is 24.1 Å². The number of rotatable bonds is 5. The molecule has 0 aliphatic carbocycles. The number of benzene rings is 1. The topological polar surface area (TPSA) is 53.7 Å². The summed E-state index contributed by atoms with van der Waals surface area (Å²) in [6.07, 6.45) is 2.34. The summed E-state index contributed by atoms with van der Waals surface area (Å²) in [5, 5.41) is 8.51. The second-order valence-electron chi connectivity index (χ2n) is 4.81. The van der Waals surface area contributed by atoms with Gasteiger partial charge in [0.05, 0.1) is 6.54 Å². The monoisotopic (exact) mass is 340 g/mol. The first-order valence-corrected chi connectivity index (χ1v) is 7.60. The van der Waals surface area contributed by atoms with Crippen molar-refractivity contribution >= 4 is 29.2 Å². The van der Waals surface area contributed by atoms with Crippen molar-refractivity contribution in [2.24, 2.45) is 4.99 Å². The third kappa shape index (κ3) is 4.64. The zero-order chi connectivity index (χ0) is 15.9. The Morgan fingerprint density at radius 2 is 2.18 bits per heavy atom. The molecule has 0 aliphatic rings. The van der Waals surface area contributed by atoms with Crippen LogP contribution in [0.1, 0.15) is 11.3 Å². The molecule has 0 aliphatic heterocycles. The van der Waals surface area contributed by atoms with Crippen LogP contribution in [0, 0.1) is 0 Å². The lowest BCUT2D eigenvalue weighted by atomic mass is 10.1. The molecule has 1 N–H and O–H groups in total. The van der Waals surface area contributed by atoms with Gasteiger partial charge in [-0.1, -0.05) is 34.4 Å². The second kappa shape index (κ2) is 8.06. The molecule has 1 aromatic heterocycles. The molecular weight excluding hydrogens is 323 g/mol. The quantitative estimate of drug-likeness (QED) is 0.670. The first-order chi connectivity index (χ1) is 10.6. The minimum Gasteiger partial charge on any atom is -0.364 e. The summed E-state index contributed by atoms with van der Waals surface area (Å²) in [5.74, 6) is 0.785. The molecule has 0 fully saturated rings. The molecule has 0 unspecified atom stereocenters. The molecule has 7 heteroatoms. The number of hydrogen-bond donors (Lipinski definition) is 1. The Kier molecular flexibility index (Phi) is 6.10. The minimum absolute atomic E-state index is 0.623. The average Bonchev–Trinajstić information content (AvgIpc) is 2.98. The van der Waals surface area contributed by atoms with Crippen molar-refractivity contribution in [2.45, 2.75) is 13.0 Å². The Morgan fingerprint density at radius 3 is 2.82 bits per heavy atom. The zero-order valence-electron chi connectivity index (χ0n) is 12.5. The van der Waals surface area contributed by atoms with Gasteiger partial charge in [0.2, 0.25) is 0 Å². The van der Waals surface area contributed by atoms with E-state index in [0.29, 0.717) is 16.6 Å². The first-order valence-electron chi connectivity index (χ1n) is 6.85. The molecule has 0 bridgehead atoms. The molecule has 0 atom stereocenters. The highest BCUT2D eigenvalue weighted by molar-refractivity contribution is 6.35. The van der Waals surface area contributed by atoms with Gasteiger partial charge in [0, 0.05) is 36.8 Å². The van der Waals surface area contributed by atoms with Crippen LogP contribution in [-0.4, -0.2) is 36.7 Å². The molecule has 0 amide bonds. The summed E-state index contributed by atoms with van der Waals surface area (Å²) in [6, 6.07) is 7.36. The molecule has 22 heavy (non-hydrogen) atoms. The van der Waals surface area contributed by atoms with Crippen LogP contribution < -0.4 is 5.32 Å². The number of aromatic nitrogens is 1. The number of nitrogens with one attached hydrogen (secondary N) is 1. The van der Waals surface area contributed by atoms with Crippen molar-refractivity contribution < 1.29 is 4.52 Å². The fourth-order valence-corrected chi connectivity index (χ4v) is 2.56. The molecule has 0 spiro atoms. The van der Waals surface area contributed by atoms with Crippen molar-refractivity contribution in [1.82, 2.24) is 15.4 Å². The lowest BCUT2D eigenvalue weighted by Crippen LogP contribution is -2.39. The van der Waals surface area contributed by atoms with Crippen molar-refractivity contribution in [3.8, 4) is 0 Å². The highest BCUT2D eigenvalue weighted by Gasteiger charge is 2.08. The summed E-state index contributed by atoms with van der Waals surface area (Å²) in [4.78, 5) is 6.23. The van der Waals surface area contributed by atoms with Gasteiger partial charge in [0.25, 0.3) is 0 Å². The van der Waals surface area contributed by atoms with E-state index < -0.39 is 0 Å². The lowest BCUT2D eigenvalue weighted by Gasteiger charge is -2.21. The second-order valence-corrected chi connectivity index (χ2v) is 5.65. The van der Waals surface area contributed by atoms with E-state index in [-0.39, 0.29) is 0 Å². The van der Waals surface area contributed by atoms with Crippen LogP contribution >= 0.6 is 23.2 Å². The molecule has 118 valence electrons. The van der Waals surface area contributed by atoms with E-state index in [2.05, 4.69) is 15.5 Å². The third-order valence-electron chi connectivity index (χ3n) is 3.16. The van der Waals surface area contributed by atoms with E-state index in [1.54, 1.807) is 19.4 Å². The van der Waals surface area contributed by atoms with Gasteiger partial charge in [-0.3, -0.25) is 4.99 Å². The van der Waals surface area contributed by atoms with Crippen LogP contribution in [0.25, 0.3) is 0 Å². The van der Waals surface area contributed by atoms with Gasteiger partial charge < -0.3 is 14.7 Å². The highest BCUT2D eigenvalue weighted by Crippen LogP contribution is 2.21. The van der Waals surface area contributed by atoms with Crippen LogP contribution in [-0.2, 0) is 13.0 Å². The van der Waals surface area contributed by atoms with Gasteiger partial charge >= 0.3 is 0 Å². The van der Waals surface area contributed by atoms with Crippen LogP contribution in [0.5, 0.6) is 0 Å². The van der Waals surface area contributed by atoms with Crippen molar-refractivity contribution in [3.05, 3.63) is 51.8 Å². The smallest absolute Gasteiger partial charge is 0.193 e. The molecular formula is C15H18Cl2N4O. The van der Waals surface area contributed by atoms with E-state index >= 15 is 0 Å². The summed E-state index contributed by atoms with van der Waals surface area (Å²) in [5.41, 5.74) is 1.90. The standard InChI is InChI=1S/C15H18Cl2N4O/c1-18-15(21(2)10-13-6-8-22-20-13)19-7-5-11-3-4-12(16)9-14(11)17/h3-4,6,8-9H,5,7,10H2,1-2H3,(H,18,19). The maximum absolute atomic E-state index is 6.16.